The lowest BCUT2D eigenvalue weighted by molar-refractivity contribution is -0.156. The van der Waals surface area contributed by atoms with Gasteiger partial charge in [0.1, 0.15) is 17.8 Å². The molecule has 1 amide bonds. The third-order valence-electron chi connectivity index (χ3n) is 3.50. The second-order valence-corrected chi connectivity index (χ2v) is 7.08. The van der Waals surface area contributed by atoms with Gasteiger partial charge in [-0.2, -0.15) is 0 Å². The average Bonchev–Trinajstić information content (AvgIpc) is 2.82. The van der Waals surface area contributed by atoms with Crippen molar-refractivity contribution in [3.05, 3.63) is 35.5 Å². The van der Waals surface area contributed by atoms with Crippen molar-refractivity contribution in [2.75, 3.05) is 25.5 Å². The fourth-order valence-corrected chi connectivity index (χ4v) is 2.34. The van der Waals surface area contributed by atoms with Crippen molar-refractivity contribution < 1.29 is 19.1 Å². The van der Waals surface area contributed by atoms with Crippen molar-refractivity contribution in [2.45, 2.75) is 26.4 Å². The zero-order valence-electron chi connectivity index (χ0n) is 15.6. The van der Waals surface area contributed by atoms with Crippen LogP contribution in [0.5, 0.6) is 0 Å². The number of esters is 1. The van der Waals surface area contributed by atoms with E-state index in [-0.39, 0.29) is 18.1 Å². The number of amidine groups is 1. The number of carbonyl (C=O) groups excluding carboxylic acids is 3. The molecule has 1 aliphatic heterocycles. The van der Waals surface area contributed by atoms with Crippen LogP contribution in [0.2, 0.25) is 0 Å². The highest BCUT2D eigenvalue weighted by Gasteiger charge is 2.32. The maximum atomic E-state index is 12.5. The summed E-state index contributed by atoms with van der Waals surface area (Å²) in [5.74, 6) is -1.20. The SMILES string of the molecule is CN(C)c1ccc(/C=C2\N=C(C=O)N(CC(=O)OC(C)(C)C)C2=O)cc1. The van der Waals surface area contributed by atoms with Gasteiger partial charge in [-0.25, -0.2) is 4.99 Å². The first-order chi connectivity index (χ1) is 12.1. The molecule has 0 spiro atoms. The Morgan fingerprint density at radius 2 is 1.85 bits per heavy atom. The van der Waals surface area contributed by atoms with E-state index in [4.69, 9.17) is 4.74 Å². The number of carbonyl (C=O) groups is 3. The topological polar surface area (TPSA) is 79.3 Å². The van der Waals surface area contributed by atoms with Gasteiger partial charge < -0.3 is 9.64 Å². The number of aliphatic imine (C=N–C) groups is 1. The molecule has 0 bridgehead atoms. The van der Waals surface area contributed by atoms with E-state index < -0.39 is 17.5 Å². The minimum Gasteiger partial charge on any atom is -0.459 e. The van der Waals surface area contributed by atoms with Crippen LogP contribution >= 0.6 is 0 Å². The molecule has 1 aromatic rings. The molecule has 0 atom stereocenters. The molecule has 0 aliphatic carbocycles. The molecule has 1 aliphatic rings. The standard InChI is InChI=1S/C19H23N3O4/c1-19(2,3)26-17(24)11-22-16(12-23)20-15(18(22)25)10-13-6-8-14(9-7-13)21(4)5/h6-10,12H,11H2,1-5H3/b15-10-. The van der Waals surface area contributed by atoms with Gasteiger partial charge in [0.25, 0.3) is 5.91 Å². The highest BCUT2D eigenvalue weighted by Crippen LogP contribution is 2.20. The van der Waals surface area contributed by atoms with Gasteiger partial charge in [-0.3, -0.25) is 19.3 Å². The van der Waals surface area contributed by atoms with Gasteiger partial charge in [0, 0.05) is 19.8 Å². The molecule has 1 aromatic carbocycles. The van der Waals surface area contributed by atoms with Gasteiger partial charge in [-0.15, -0.1) is 0 Å². The number of rotatable bonds is 5. The Bertz CT molecular complexity index is 771. The quantitative estimate of drug-likeness (QED) is 0.457. The van der Waals surface area contributed by atoms with Crippen molar-refractivity contribution >= 4 is 35.8 Å². The van der Waals surface area contributed by atoms with Crippen molar-refractivity contribution in [3.63, 3.8) is 0 Å². The second kappa shape index (κ2) is 7.51. The molecule has 0 saturated carbocycles. The Labute approximate surface area is 152 Å². The molecule has 26 heavy (non-hydrogen) atoms. The van der Waals surface area contributed by atoms with Crippen LogP contribution in [-0.4, -0.2) is 55.1 Å². The van der Waals surface area contributed by atoms with Crippen LogP contribution in [0.3, 0.4) is 0 Å². The minimum absolute atomic E-state index is 0.1000. The smallest absolute Gasteiger partial charge is 0.326 e. The fourth-order valence-electron chi connectivity index (χ4n) is 2.34. The lowest BCUT2D eigenvalue weighted by Gasteiger charge is -2.21. The highest BCUT2D eigenvalue weighted by atomic mass is 16.6. The first-order valence-electron chi connectivity index (χ1n) is 8.17. The number of amides is 1. The number of nitrogens with zero attached hydrogens (tertiary/aromatic N) is 3. The highest BCUT2D eigenvalue weighted by molar-refractivity contribution is 6.36. The number of aldehydes is 1. The van der Waals surface area contributed by atoms with Crippen molar-refractivity contribution in [1.29, 1.82) is 0 Å². The first kappa shape index (κ1) is 19.4. The third kappa shape index (κ3) is 4.78. The van der Waals surface area contributed by atoms with Gasteiger partial charge in [0.2, 0.25) is 0 Å². The average molecular weight is 357 g/mol. The summed E-state index contributed by atoms with van der Waals surface area (Å²) in [6, 6.07) is 7.52. The predicted molar refractivity (Wildman–Crippen MR) is 99.8 cm³/mol. The van der Waals surface area contributed by atoms with Gasteiger partial charge in [0.15, 0.2) is 12.1 Å². The molecule has 0 unspecified atom stereocenters. The Morgan fingerprint density at radius 3 is 2.35 bits per heavy atom. The Balaban J connectivity index is 2.19. The maximum Gasteiger partial charge on any atom is 0.326 e. The summed E-state index contributed by atoms with van der Waals surface area (Å²) in [5, 5.41) is 0. The second-order valence-electron chi connectivity index (χ2n) is 7.08. The van der Waals surface area contributed by atoms with E-state index in [0.29, 0.717) is 6.29 Å². The van der Waals surface area contributed by atoms with Crippen LogP contribution in [0.4, 0.5) is 5.69 Å². The summed E-state index contributed by atoms with van der Waals surface area (Å²) < 4.78 is 5.20. The molecule has 2 rings (SSSR count). The van der Waals surface area contributed by atoms with Crippen LogP contribution < -0.4 is 4.90 Å². The predicted octanol–water partition coefficient (Wildman–Crippen LogP) is 1.87. The van der Waals surface area contributed by atoms with E-state index in [0.717, 1.165) is 16.2 Å². The van der Waals surface area contributed by atoms with Crippen molar-refractivity contribution in [2.24, 2.45) is 4.99 Å². The van der Waals surface area contributed by atoms with Crippen LogP contribution in [0.25, 0.3) is 6.08 Å². The van der Waals surface area contributed by atoms with E-state index in [1.165, 1.54) is 0 Å². The van der Waals surface area contributed by atoms with Crippen LogP contribution in [-0.2, 0) is 19.1 Å². The monoisotopic (exact) mass is 357 g/mol. The molecule has 0 N–H and O–H groups in total. The summed E-state index contributed by atoms with van der Waals surface area (Å²) in [5.41, 5.74) is 1.22. The fraction of sp³-hybridized carbons (Fsp3) is 0.368. The van der Waals surface area contributed by atoms with Crippen molar-refractivity contribution in [1.82, 2.24) is 4.90 Å². The van der Waals surface area contributed by atoms with Gasteiger partial charge >= 0.3 is 5.97 Å². The molecule has 138 valence electrons. The zero-order chi connectivity index (χ0) is 19.5. The van der Waals surface area contributed by atoms with E-state index in [1.54, 1.807) is 26.8 Å². The Hall–Kier alpha value is -2.96. The van der Waals surface area contributed by atoms with Crippen molar-refractivity contribution in [3.8, 4) is 0 Å². The molecule has 0 saturated heterocycles. The lowest BCUT2D eigenvalue weighted by atomic mass is 10.1. The number of benzene rings is 1. The third-order valence-corrected chi connectivity index (χ3v) is 3.50. The number of hydrogen-bond acceptors (Lipinski definition) is 6. The van der Waals surface area contributed by atoms with E-state index in [2.05, 4.69) is 4.99 Å². The first-order valence-corrected chi connectivity index (χ1v) is 8.17. The largest absolute Gasteiger partial charge is 0.459 e. The maximum absolute atomic E-state index is 12.5. The van der Waals surface area contributed by atoms with Gasteiger partial charge in [-0.1, -0.05) is 12.1 Å². The Kier molecular flexibility index (Phi) is 5.59. The lowest BCUT2D eigenvalue weighted by Crippen LogP contribution is -2.40. The molecule has 0 radical (unpaired) electrons. The molecule has 7 nitrogen and oxygen atoms in total. The molecule has 0 fully saturated rings. The summed E-state index contributed by atoms with van der Waals surface area (Å²) in [4.78, 5) is 42.8. The van der Waals surface area contributed by atoms with Crippen LogP contribution in [0, 0.1) is 0 Å². The van der Waals surface area contributed by atoms with E-state index >= 15 is 0 Å². The number of ether oxygens (including phenoxy) is 1. The Morgan fingerprint density at radius 1 is 1.23 bits per heavy atom. The number of hydrogen-bond donors (Lipinski definition) is 0. The van der Waals surface area contributed by atoms with Crippen LogP contribution in [0.15, 0.2) is 35.0 Å². The van der Waals surface area contributed by atoms with Gasteiger partial charge in [-0.05, 0) is 44.5 Å². The zero-order valence-corrected chi connectivity index (χ0v) is 15.6. The molecular formula is C19H23N3O4. The molecular weight excluding hydrogens is 334 g/mol. The summed E-state index contributed by atoms with van der Waals surface area (Å²) >= 11 is 0. The summed E-state index contributed by atoms with van der Waals surface area (Å²) in [6.07, 6.45) is 2.04. The van der Waals surface area contributed by atoms with E-state index in [9.17, 15) is 14.4 Å². The molecule has 7 heteroatoms. The molecule has 0 aromatic heterocycles. The number of anilines is 1. The minimum atomic E-state index is -0.675. The molecule has 1 heterocycles. The summed E-state index contributed by atoms with van der Waals surface area (Å²) in [6.45, 7) is 4.83. The van der Waals surface area contributed by atoms with E-state index in [1.807, 2.05) is 43.3 Å². The van der Waals surface area contributed by atoms with Crippen LogP contribution in [0.1, 0.15) is 26.3 Å². The van der Waals surface area contributed by atoms with Gasteiger partial charge in [0.05, 0.1) is 0 Å². The summed E-state index contributed by atoms with van der Waals surface area (Å²) in [7, 11) is 3.87. The normalized spacial score (nSPS) is 15.9.